The average Bonchev–Trinajstić information content (AvgIpc) is 3.37. The number of piperazine rings is 1. The first-order valence-electron chi connectivity index (χ1n) is 11.4. The number of carbonyl (C=O) groups excluding carboxylic acids is 1. The van der Waals surface area contributed by atoms with Gasteiger partial charge in [0.2, 0.25) is 0 Å². The van der Waals surface area contributed by atoms with Crippen molar-refractivity contribution < 1.29 is 34.8 Å². The van der Waals surface area contributed by atoms with Crippen LogP contribution in [-0.2, 0) is 16.1 Å². The first-order chi connectivity index (χ1) is 17.7. The van der Waals surface area contributed by atoms with Crippen molar-refractivity contribution in [3.63, 3.8) is 0 Å². The Balaban J connectivity index is 1.62. The number of anilines is 2. The summed E-state index contributed by atoms with van der Waals surface area (Å²) >= 11 is 0.967. The van der Waals surface area contributed by atoms with Crippen LogP contribution in [0.2, 0.25) is 0 Å². The highest BCUT2D eigenvalue weighted by molar-refractivity contribution is 7.16. The molecule has 0 aromatic carbocycles. The minimum atomic E-state index is -1.86. The number of nitrogens with zero attached hydrogens (tertiary/aromatic N) is 6. The lowest BCUT2D eigenvalue weighted by Gasteiger charge is -2.43. The Kier molecular flexibility index (Phi) is 8.17. The van der Waals surface area contributed by atoms with Crippen LogP contribution < -0.4 is 10.2 Å². The van der Waals surface area contributed by atoms with Crippen LogP contribution in [0.15, 0.2) is 24.5 Å². The smallest absolute Gasteiger partial charge is 0.335 e. The minimum absolute atomic E-state index is 0.125. The molecule has 15 heteroatoms. The van der Waals surface area contributed by atoms with Crippen LogP contribution in [0.3, 0.4) is 0 Å². The second kappa shape index (κ2) is 11.3. The van der Waals surface area contributed by atoms with E-state index >= 15 is 0 Å². The zero-order valence-electron chi connectivity index (χ0n) is 19.8. The number of amides is 2. The van der Waals surface area contributed by atoms with Gasteiger partial charge in [-0.1, -0.05) is 11.3 Å². The van der Waals surface area contributed by atoms with Gasteiger partial charge in [-0.2, -0.15) is 5.26 Å². The molecule has 5 N–H and O–H groups in total. The summed E-state index contributed by atoms with van der Waals surface area (Å²) in [4.78, 5) is 37.5. The van der Waals surface area contributed by atoms with Gasteiger partial charge in [0.05, 0.1) is 6.20 Å². The van der Waals surface area contributed by atoms with Gasteiger partial charge in [-0.25, -0.2) is 19.6 Å². The maximum Gasteiger partial charge on any atom is 0.335 e. The van der Waals surface area contributed by atoms with Gasteiger partial charge in [-0.15, -0.1) is 0 Å². The van der Waals surface area contributed by atoms with Crippen molar-refractivity contribution in [2.45, 2.75) is 37.2 Å². The lowest BCUT2D eigenvalue weighted by Crippen LogP contribution is -2.63. The average molecular weight is 534 g/mol. The van der Waals surface area contributed by atoms with Crippen LogP contribution in [0.1, 0.15) is 10.4 Å². The molecule has 4 rings (SSSR count). The number of ether oxygens (including phenoxy) is 1. The maximum absolute atomic E-state index is 11.9. The van der Waals surface area contributed by atoms with Crippen molar-refractivity contribution >= 4 is 34.3 Å². The molecular formula is C22H27N7O7S. The molecule has 0 bridgehead atoms. The van der Waals surface area contributed by atoms with E-state index in [1.54, 1.807) is 24.1 Å². The minimum Gasteiger partial charge on any atom is -0.479 e. The summed E-state index contributed by atoms with van der Waals surface area (Å²) in [5.74, 6) is -1.28. The monoisotopic (exact) mass is 533 g/mol. The number of carboxylic acids is 1. The number of thiazole rings is 1. The fraction of sp³-hybridized carbons (Fsp3) is 0.500. The lowest BCUT2D eigenvalue weighted by atomic mass is 9.97. The number of nitrogens with one attached hydrogen (secondary N) is 1. The quantitative estimate of drug-likeness (QED) is 0.301. The van der Waals surface area contributed by atoms with Crippen molar-refractivity contribution in [2.24, 2.45) is 0 Å². The van der Waals surface area contributed by atoms with Gasteiger partial charge in [-0.05, 0) is 17.7 Å². The summed E-state index contributed by atoms with van der Waals surface area (Å²) < 4.78 is 5.55. The normalized spacial score (nSPS) is 26.4. The largest absolute Gasteiger partial charge is 0.479 e. The fourth-order valence-electron chi connectivity index (χ4n) is 4.26. The summed E-state index contributed by atoms with van der Waals surface area (Å²) in [5.41, 5.74) is 0.834. The van der Waals surface area contributed by atoms with Gasteiger partial charge in [0.1, 0.15) is 35.1 Å². The van der Waals surface area contributed by atoms with Crippen LogP contribution >= 0.6 is 11.3 Å². The Bertz CT molecular complexity index is 1170. The van der Waals surface area contributed by atoms with E-state index in [0.717, 1.165) is 16.9 Å². The van der Waals surface area contributed by atoms with Gasteiger partial charge < -0.3 is 35.4 Å². The van der Waals surface area contributed by atoms with Gasteiger partial charge in [-0.3, -0.25) is 9.80 Å². The molecule has 2 aromatic rings. The highest BCUT2D eigenvalue weighted by Crippen LogP contribution is 2.35. The highest BCUT2D eigenvalue weighted by atomic mass is 32.1. The Hall–Kier alpha value is -3.39. The van der Waals surface area contributed by atoms with E-state index in [4.69, 9.17) is 4.74 Å². The summed E-state index contributed by atoms with van der Waals surface area (Å²) in [5, 5.41) is 52.8. The van der Waals surface area contributed by atoms with Gasteiger partial charge >= 0.3 is 12.0 Å². The Morgan fingerprint density at radius 2 is 1.95 bits per heavy atom. The maximum atomic E-state index is 11.9. The Morgan fingerprint density at radius 3 is 2.57 bits per heavy atom. The van der Waals surface area contributed by atoms with E-state index in [-0.39, 0.29) is 21.9 Å². The van der Waals surface area contributed by atoms with Gasteiger partial charge in [0, 0.05) is 46.0 Å². The van der Waals surface area contributed by atoms with Crippen LogP contribution in [-0.4, -0.2) is 116 Å². The van der Waals surface area contributed by atoms with E-state index in [2.05, 4.69) is 20.2 Å². The van der Waals surface area contributed by atoms with E-state index < -0.39 is 36.6 Å². The number of aromatic nitrogens is 2. The van der Waals surface area contributed by atoms with Crippen molar-refractivity contribution in [2.75, 3.05) is 38.1 Å². The number of nitriles is 1. The van der Waals surface area contributed by atoms with Gasteiger partial charge in [0.15, 0.2) is 17.5 Å². The fourth-order valence-corrected chi connectivity index (χ4v) is 5.01. The van der Waals surface area contributed by atoms with E-state index in [1.165, 1.54) is 17.3 Å². The molecular weight excluding hydrogens is 506 g/mol. The van der Waals surface area contributed by atoms with Crippen LogP contribution in [0, 0.1) is 11.3 Å². The topological polar surface area (TPSA) is 196 Å². The second-order valence-electron chi connectivity index (χ2n) is 8.59. The lowest BCUT2D eigenvalue weighted by molar-refractivity contribution is -0.225. The first-order valence-corrected chi connectivity index (χ1v) is 12.3. The number of rotatable bonds is 6. The molecule has 14 nitrogen and oxygen atoms in total. The SMILES string of the molecule is CNC(=O)N1CCN(Cc2ccnc(N(c3ncc(C#N)s3)C3O[C@H](C(=O)O)[C@@H](O)[C@H](O)[C@H]3O)c2)CC1. The molecule has 5 atom stereocenters. The van der Waals surface area contributed by atoms with Crippen LogP contribution in [0.25, 0.3) is 0 Å². The highest BCUT2D eigenvalue weighted by Gasteiger charge is 2.50. The number of aliphatic carboxylic acids is 1. The molecule has 2 aromatic heterocycles. The van der Waals surface area contributed by atoms with Crippen molar-refractivity contribution in [3.05, 3.63) is 35.0 Å². The third kappa shape index (κ3) is 5.64. The van der Waals surface area contributed by atoms with Gasteiger partial charge in [0.25, 0.3) is 0 Å². The van der Waals surface area contributed by atoms with Crippen molar-refractivity contribution in [1.29, 1.82) is 5.26 Å². The molecule has 2 aliphatic heterocycles. The van der Waals surface area contributed by atoms with Crippen LogP contribution in [0.5, 0.6) is 0 Å². The van der Waals surface area contributed by atoms with Crippen LogP contribution in [0.4, 0.5) is 15.7 Å². The molecule has 0 aliphatic carbocycles. The summed E-state index contributed by atoms with van der Waals surface area (Å²) in [6.45, 7) is 2.97. The summed E-state index contributed by atoms with van der Waals surface area (Å²) in [7, 11) is 1.59. The molecule has 2 aliphatic rings. The molecule has 0 radical (unpaired) electrons. The third-order valence-corrected chi connectivity index (χ3v) is 7.13. The molecule has 2 fully saturated rings. The summed E-state index contributed by atoms with van der Waals surface area (Å²) in [6, 6.07) is 5.36. The number of aliphatic hydroxyl groups excluding tert-OH is 3. The molecule has 1 unspecified atom stereocenters. The van der Waals surface area contributed by atoms with E-state index in [1.807, 2.05) is 6.07 Å². The predicted molar refractivity (Wildman–Crippen MR) is 129 cm³/mol. The second-order valence-corrected chi connectivity index (χ2v) is 9.60. The molecule has 0 saturated carbocycles. The molecule has 4 heterocycles. The number of pyridine rings is 1. The molecule has 37 heavy (non-hydrogen) atoms. The molecule has 2 amide bonds. The number of hydrogen-bond acceptors (Lipinski definition) is 12. The molecule has 198 valence electrons. The Labute approximate surface area is 216 Å². The van der Waals surface area contributed by atoms with E-state index in [0.29, 0.717) is 32.7 Å². The number of carboxylic acid groups (broad SMARTS) is 1. The molecule has 2 saturated heterocycles. The van der Waals surface area contributed by atoms with Crippen molar-refractivity contribution in [3.8, 4) is 6.07 Å². The first kappa shape index (κ1) is 26.7. The standard InChI is InChI=1S/C22H27N7O7S/c1-24-21(35)28-6-4-27(5-7-28)11-12-2-3-25-14(8-12)29(22-26-10-13(9-23)37-22)19-17(32)15(30)16(31)18(36-19)20(33)34/h2-3,8,10,15-19,30-32H,4-7,11H2,1H3,(H,24,35)(H,33,34)/t15-,16-,17+,18-,19?/m0/s1. The number of urea groups is 1. The zero-order chi connectivity index (χ0) is 26.7. The predicted octanol–water partition coefficient (Wildman–Crippen LogP) is -1.10. The molecule has 0 spiro atoms. The Morgan fingerprint density at radius 1 is 1.22 bits per heavy atom. The van der Waals surface area contributed by atoms with E-state index in [9.17, 15) is 35.3 Å². The van der Waals surface area contributed by atoms with Crippen molar-refractivity contribution in [1.82, 2.24) is 25.1 Å². The number of carbonyl (C=O) groups is 2. The number of aliphatic hydroxyl groups is 3. The zero-order valence-corrected chi connectivity index (χ0v) is 20.7. The number of hydrogen-bond donors (Lipinski definition) is 5. The third-order valence-electron chi connectivity index (χ3n) is 6.23. The summed E-state index contributed by atoms with van der Waals surface area (Å²) in [6.07, 6.45) is -5.84.